The van der Waals surface area contributed by atoms with E-state index in [1.807, 2.05) is 18.5 Å². The Morgan fingerprint density at radius 1 is 1.25 bits per heavy atom. The van der Waals surface area contributed by atoms with E-state index < -0.39 is 0 Å². The summed E-state index contributed by atoms with van der Waals surface area (Å²) in [5, 5.41) is 4.65. The predicted molar refractivity (Wildman–Crippen MR) is 99.1 cm³/mol. The summed E-state index contributed by atoms with van der Waals surface area (Å²) in [7, 11) is 0. The fourth-order valence-electron chi connectivity index (χ4n) is 3.44. The summed E-state index contributed by atoms with van der Waals surface area (Å²) in [4.78, 5) is 10.4. The van der Waals surface area contributed by atoms with Gasteiger partial charge in [0.15, 0.2) is 5.82 Å². The largest absolute Gasteiger partial charge is 0.327 e. The molecular weight excluding hydrogens is 316 g/mol. The molecule has 24 heavy (non-hydrogen) atoms. The lowest BCUT2D eigenvalue weighted by molar-refractivity contribution is 0.297. The number of rotatable bonds is 4. The Bertz CT molecular complexity index is 793. The third kappa shape index (κ3) is 3.01. The number of piperidine rings is 1. The van der Waals surface area contributed by atoms with Gasteiger partial charge >= 0.3 is 0 Å². The molecule has 1 aliphatic heterocycles. The van der Waals surface area contributed by atoms with Crippen molar-refractivity contribution in [3.63, 3.8) is 0 Å². The summed E-state index contributed by atoms with van der Waals surface area (Å²) in [6, 6.07) is 11.5. The molecule has 0 radical (unpaired) electrons. The van der Waals surface area contributed by atoms with Crippen molar-refractivity contribution >= 4 is 11.3 Å². The molecule has 1 saturated heterocycles. The summed E-state index contributed by atoms with van der Waals surface area (Å²) in [5.74, 6) is 1.05. The third-order valence-corrected chi connectivity index (χ3v) is 5.81. The molecule has 1 fully saturated rings. The molecule has 1 aliphatic rings. The first-order valence-electron chi connectivity index (χ1n) is 8.63. The second-order valence-electron chi connectivity index (χ2n) is 6.29. The van der Waals surface area contributed by atoms with Crippen molar-refractivity contribution in [2.75, 3.05) is 6.54 Å². The van der Waals surface area contributed by atoms with Crippen LogP contribution < -0.4 is 5.32 Å². The number of thiazole rings is 1. The summed E-state index contributed by atoms with van der Waals surface area (Å²) in [6.45, 7) is 3.34. The van der Waals surface area contributed by atoms with Crippen LogP contribution in [0, 0.1) is 0 Å². The third-order valence-electron chi connectivity index (χ3n) is 4.77. The molecule has 0 aliphatic carbocycles. The average molecular weight is 338 g/mol. The van der Waals surface area contributed by atoms with E-state index in [4.69, 9.17) is 0 Å². The smallest absolute Gasteiger partial charge is 0.151 e. The Morgan fingerprint density at radius 3 is 2.96 bits per heavy atom. The van der Waals surface area contributed by atoms with Crippen LogP contribution in [0.5, 0.6) is 0 Å². The summed E-state index contributed by atoms with van der Waals surface area (Å²) in [5.41, 5.74) is 1.17. The molecule has 124 valence electrons. The van der Waals surface area contributed by atoms with Crippen molar-refractivity contribution in [3.8, 4) is 21.3 Å². The van der Waals surface area contributed by atoms with Gasteiger partial charge in [0.2, 0.25) is 0 Å². The molecule has 0 amide bonds. The number of nitrogens with one attached hydrogen (secondary N) is 1. The van der Waals surface area contributed by atoms with Crippen molar-refractivity contribution in [1.29, 1.82) is 0 Å². The van der Waals surface area contributed by atoms with Gasteiger partial charge in [0, 0.05) is 36.2 Å². The molecule has 4 rings (SSSR count). The van der Waals surface area contributed by atoms with Gasteiger partial charge in [0.1, 0.15) is 5.01 Å². The van der Waals surface area contributed by atoms with Gasteiger partial charge in [-0.15, -0.1) is 11.3 Å². The van der Waals surface area contributed by atoms with Gasteiger partial charge in [-0.05, 0) is 25.8 Å². The molecule has 0 bridgehead atoms. The van der Waals surface area contributed by atoms with Gasteiger partial charge in [-0.3, -0.25) is 0 Å². The number of nitrogens with zero attached hydrogens (tertiary/aromatic N) is 3. The predicted octanol–water partition coefficient (Wildman–Crippen LogP) is 4.38. The van der Waals surface area contributed by atoms with Crippen molar-refractivity contribution in [2.45, 2.75) is 38.3 Å². The lowest BCUT2D eigenvalue weighted by Crippen LogP contribution is -2.38. The van der Waals surface area contributed by atoms with Crippen molar-refractivity contribution in [2.24, 2.45) is 0 Å². The number of imidazole rings is 1. The molecule has 1 N–H and O–H groups in total. The Labute approximate surface area is 146 Å². The van der Waals surface area contributed by atoms with Crippen molar-refractivity contribution in [3.05, 3.63) is 48.9 Å². The minimum absolute atomic E-state index is 0.524. The van der Waals surface area contributed by atoms with Crippen molar-refractivity contribution in [1.82, 2.24) is 19.9 Å². The van der Waals surface area contributed by atoms with Gasteiger partial charge < -0.3 is 9.88 Å². The van der Waals surface area contributed by atoms with Gasteiger partial charge in [0.05, 0.1) is 4.88 Å². The number of aromatic nitrogens is 3. The van der Waals surface area contributed by atoms with Crippen LogP contribution in [0.15, 0.2) is 48.9 Å². The van der Waals surface area contributed by atoms with Crippen LogP contribution in [-0.4, -0.2) is 27.1 Å². The standard InChI is InChI=1S/C19H22N4S/c1-2-15-12-16(8-9-20-15)23-11-10-21-18(23)17-13-22-19(24-17)14-6-4-3-5-7-14/h3-7,10-11,13,15-16,20H,2,8-9,12H2,1H3/t15-,16-/m1/s1. The number of hydrogen-bond donors (Lipinski definition) is 1. The first-order valence-corrected chi connectivity index (χ1v) is 9.44. The van der Waals surface area contributed by atoms with Crippen LogP contribution in [0.1, 0.15) is 32.2 Å². The van der Waals surface area contributed by atoms with E-state index >= 15 is 0 Å². The highest BCUT2D eigenvalue weighted by Crippen LogP contribution is 2.34. The van der Waals surface area contributed by atoms with Crippen LogP contribution in [0.3, 0.4) is 0 Å². The van der Waals surface area contributed by atoms with E-state index in [-0.39, 0.29) is 0 Å². The molecule has 3 heterocycles. The van der Waals surface area contributed by atoms with Gasteiger partial charge in [0.25, 0.3) is 0 Å². The molecule has 5 heteroatoms. The molecule has 4 nitrogen and oxygen atoms in total. The maximum absolute atomic E-state index is 4.63. The zero-order valence-corrected chi connectivity index (χ0v) is 14.7. The summed E-state index contributed by atoms with van der Waals surface area (Å²) < 4.78 is 2.35. The molecular formula is C19H22N4S. The second kappa shape index (κ2) is 6.87. The molecule has 2 aromatic heterocycles. The second-order valence-corrected chi connectivity index (χ2v) is 7.32. The highest BCUT2D eigenvalue weighted by Gasteiger charge is 2.24. The van der Waals surface area contributed by atoms with Gasteiger partial charge in [-0.1, -0.05) is 37.3 Å². The van der Waals surface area contributed by atoms with Crippen LogP contribution >= 0.6 is 11.3 Å². The van der Waals surface area contributed by atoms with E-state index in [1.165, 1.54) is 18.4 Å². The Morgan fingerprint density at radius 2 is 2.12 bits per heavy atom. The van der Waals surface area contributed by atoms with E-state index in [0.717, 1.165) is 28.7 Å². The normalized spacial score (nSPS) is 21.0. The first-order chi connectivity index (χ1) is 11.8. The Hall–Kier alpha value is -1.98. The van der Waals surface area contributed by atoms with Crippen molar-refractivity contribution < 1.29 is 0 Å². The first kappa shape index (κ1) is 15.5. The van der Waals surface area contributed by atoms with Crippen LogP contribution in [-0.2, 0) is 0 Å². The topological polar surface area (TPSA) is 42.7 Å². The van der Waals surface area contributed by atoms with E-state index in [9.17, 15) is 0 Å². The lowest BCUT2D eigenvalue weighted by atomic mass is 9.97. The van der Waals surface area contributed by atoms with Crippen LogP contribution in [0.4, 0.5) is 0 Å². The molecule has 1 aromatic carbocycles. The number of benzene rings is 1. The minimum Gasteiger partial charge on any atom is -0.327 e. The Balaban J connectivity index is 1.62. The zero-order chi connectivity index (χ0) is 16.4. The molecule has 0 unspecified atom stereocenters. The van der Waals surface area contributed by atoms with Gasteiger partial charge in [-0.25, -0.2) is 9.97 Å². The highest BCUT2D eigenvalue weighted by molar-refractivity contribution is 7.18. The SMILES string of the molecule is CC[C@@H]1C[C@H](n2ccnc2-c2cnc(-c3ccccc3)s2)CCN1. The Kier molecular flexibility index (Phi) is 4.45. The molecule has 0 saturated carbocycles. The van der Waals surface area contributed by atoms with E-state index in [0.29, 0.717) is 12.1 Å². The minimum atomic E-state index is 0.524. The monoisotopic (exact) mass is 338 g/mol. The highest BCUT2D eigenvalue weighted by atomic mass is 32.1. The lowest BCUT2D eigenvalue weighted by Gasteiger charge is -2.31. The summed E-state index contributed by atoms with van der Waals surface area (Å²) >= 11 is 1.72. The van der Waals surface area contributed by atoms with E-state index in [2.05, 4.69) is 57.2 Å². The quantitative estimate of drug-likeness (QED) is 0.768. The zero-order valence-electron chi connectivity index (χ0n) is 13.9. The number of hydrogen-bond acceptors (Lipinski definition) is 4. The van der Waals surface area contributed by atoms with E-state index in [1.54, 1.807) is 11.3 Å². The fourth-order valence-corrected chi connectivity index (χ4v) is 4.36. The van der Waals surface area contributed by atoms with Gasteiger partial charge in [-0.2, -0.15) is 0 Å². The average Bonchev–Trinajstić information content (AvgIpc) is 3.31. The molecule has 2 atom stereocenters. The molecule has 3 aromatic rings. The maximum atomic E-state index is 4.63. The van der Waals surface area contributed by atoms with Crippen LogP contribution in [0.2, 0.25) is 0 Å². The maximum Gasteiger partial charge on any atom is 0.151 e. The van der Waals surface area contributed by atoms with Crippen LogP contribution in [0.25, 0.3) is 21.3 Å². The molecule has 0 spiro atoms. The fraction of sp³-hybridized carbons (Fsp3) is 0.368. The summed E-state index contributed by atoms with van der Waals surface area (Å²) in [6.07, 6.45) is 9.51.